The monoisotopic (exact) mass is 281 g/mol. The Bertz CT molecular complexity index is 372. The molecule has 0 atom stereocenters. The van der Waals surface area contributed by atoms with E-state index in [9.17, 15) is 13.2 Å². The van der Waals surface area contributed by atoms with Crippen LogP contribution in [0.2, 0.25) is 0 Å². The van der Waals surface area contributed by atoms with Crippen LogP contribution >= 0.6 is 12.4 Å². The van der Waals surface area contributed by atoms with Crippen LogP contribution in [0.15, 0.2) is 18.3 Å². The molecule has 0 radical (unpaired) electrons. The maximum atomic E-state index is 12.3. The van der Waals surface area contributed by atoms with Crippen LogP contribution in [-0.4, -0.2) is 24.1 Å². The van der Waals surface area contributed by atoms with Crippen molar-refractivity contribution in [3.8, 4) is 0 Å². The number of hydrogen-bond acceptors (Lipinski definition) is 3. The van der Waals surface area contributed by atoms with Crippen LogP contribution in [-0.2, 0) is 6.18 Å². The van der Waals surface area contributed by atoms with Gasteiger partial charge in [-0.15, -0.1) is 12.4 Å². The Morgan fingerprint density at radius 2 is 1.83 bits per heavy atom. The molecule has 0 aliphatic carbocycles. The molecule has 2 rings (SSSR count). The van der Waals surface area contributed by atoms with Crippen LogP contribution in [0, 0.1) is 0 Å². The number of aromatic nitrogens is 1. The number of rotatable bonds is 1. The summed E-state index contributed by atoms with van der Waals surface area (Å²) in [4.78, 5) is 5.82. The van der Waals surface area contributed by atoms with Gasteiger partial charge in [0.05, 0.1) is 5.56 Å². The molecule has 7 heteroatoms. The maximum Gasteiger partial charge on any atom is 0.417 e. The molecule has 1 fully saturated rings. The van der Waals surface area contributed by atoms with Gasteiger partial charge in [-0.3, -0.25) is 0 Å². The molecule has 1 aliphatic rings. The lowest BCUT2D eigenvalue weighted by atomic mass is 10.1. The van der Waals surface area contributed by atoms with Gasteiger partial charge in [0.1, 0.15) is 5.82 Å². The molecule has 2 N–H and O–H groups in total. The van der Waals surface area contributed by atoms with Gasteiger partial charge in [-0.05, 0) is 25.0 Å². The fraction of sp³-hybridized carbons (Fsp3) is 0.545. The molecule has 102 valence electrons. The Kier molecular flexibility index (Phi) is 4.81. The Morgan fingerprint density at radius 3 is 2.28 bits per heavy atom. The van der Waals surface area contributed by atoms with Gasteiger partial charge in [-0.1, -0.05) is 0 Å². The third kappa shape index (κ3) is 3.49. The van der Waals surface area contributed by atoms with Crippen molar-refractivity contribution in [2.45, 2.75) is 25.1 Å². The van der Waals surface area contributed by atoms with E-state index in [1.54, 1.807) is 0 Å². The van der Waals surface area contributed by atoms with Gasteiger partial charge < -0.3 is 10.6 Å². The quantitative estimate of drug-likeness (QED) is 0.860. The summed E-state index contributed by atoms with van der Waals surface area (Å²) < 4.78 is 37.0. The van der Waals surface area contributed by atoms with Crippen LogP contribution in [0.4, 0.5) is 19.0 Å². The summed E-state index contributed by atoms with van der Waals surface area (Å²) in [7, 11) is 0. The molecule has 0 saturated carbocycles. The molecule has 1 aromatic heterocycles. The first-order valence-electron chi connectivity index (χ1n) is 5.50. The number of hydrogen-bond donors (Lipinski definition) is 1. The number of piperidine rings is 1. The molecular weight excluding hydrogens is 267 g/mol. The summed E-state index contributed by atoms with van der Waals surface area (Å²) in [5.41, 5.74) is 5.05. The molecule has 1 aliphatic heterocycles. The summed E-state index contributed by atoms with van der Waals surface area (Å²) in [6, 6.07) is 2.68. The van der Waals surface area contributed by atoms with E-state index in [-0.39, 0.29) is 18.4 Å². The first-order valence-corrected chi connectivity index (χ1v) is 5.50. The maximum absolute atomic E-state index is 12.3. The third-order valence-electron chi connectivity index (χ3n) is 2.94. The van der Waals surface area contributed by atoms with Gasteiger partial charge in [0.15, 0.2) is 0 Å². The smallest absolute Gasteiger partial charge is 0.357 e. The number of halogens is 4. The van der Waals surface area contributed by atoms with Crippen molar-refractivity contribution in [1.82, 2.24) is 4.98 Å². The van der Waals surface area contributed by atoms with E-state index < -0.39 is 11.7 Å². The topological polar surface area (TPSA) is 42.1 Å². The normalized spacial score (nSPS) is 17.4. The van der Waals surface area contributed by atoms with Crippen molar-refractivity contribution in [1.29, 1.82) is 0 Å². The average molecular weight is 282 g/mol. The largest absolute Gasteiger partial charge is 0.417 e. The molecule has 1 saturated heterocycles. The Hall–Kier alpha value is -1.01. The van der Waals surface area contributed by atoms with Crippen molar-refractivity contribution in [3.63, 3.8) is 0 Å². The van der Waals surface area contributed by atoms with E-state index in [4.69, 9.17) is 5.73 Å². The van der Waals surface area contributed by atoms with Gasteiger partial charge in [0.2, 0.25) is 0 Å². The van der Waals surface area contributed by atoms with Gasteiger partial charge in [-0.2, -0.15) is 13.2 Å². The Balaban J connectivity index is 0.00000162. The molecule has 0 amide bonds. The third-order valence-corrected chi connectivity index (χ3v) is 2.94. The summed E-state index contributed by atoms with van der Waals surface area (Å²) >= 11 is 0. The van der Waals surface area contributed by atoms with Crippen molar-refractivity contribution in [3.05, 3.63) is 23.9 Å². The minimum Gasteiger partial charge on any atom is -0.357 e. The van der Waals surface area contributed by atoms with Gasteiger partial charge in [0, 0.05) is 25.3 Å². The van der Waals surface area contributed by atoms with Crippen molar-refractivity contribution in [2.75, 3.05) is 18.0 Å². The molecule has 0 spiro atoms. The highest BCUT2D eigenvalue weighted by Gasteiger charge is 2.31. The fourth-order valence-electron chi connectivity index (χ4n) is 1.87. The summed E-state index contributed by atoms with van der Waals surface area (Å²) in [5.74, 6) is 0.588. The second-order valence-corrected chi connectivity index (χ2v) is 4.23. The van der Waals surface area contributed by atoms with E-state index in [0.717, 1.165) is 38.2 Å². The number of nitrogens with zero attached hydrogens (tertiary/aromatic N) is 2. The highest BCUT2D eigenvalue weighted by Crippen LogP contribution is 2.29. The summed E-state index contributed by atoms with van der Waals surface area (Å²) in [6.45, 7) is 1.50. The van der Waals surface area contributed by atoms with Crippen LogP contribution in [0.5, 0.6) is 0 Å². The Labute approximate surface area is 110 Å². The van der Waals surface area contributed by atoms with Gasteiger partial charge in [-0.25, -0.2) is 4.98 Å². The zero-order valence-electron chi connectivity index (χ0n) is 9.65. The molecular formula is C11H15ClF3N3. The van der Waals surface area contributed by atoms with E-state index in [1.165, 1.54) is 6.07 Å². The van der Waals surface area contributed by atoms with E-state index in [2.05, 4.69) is 4.98 Å². The predicted octanol–water partition coefficient (Wildman–Crippen LogP) is 2.45. The lowest BCUT2D eigenvalue weighted by Crippen LogP contribution is -2.40. The van der Waals surface area contributed by atoms with Gasteiger partial charge in [0.25, 0.3) is 0 Å². The minimum atomic E-state index is -4.32. The van der Waals surface area contributed by atoms with Crippen LogP contribution in [0.1, 0.15) is 18.4 Å². The molecule has 0 unspecified atom stereocenters. The van der Waals surface area contributed by atoms with Crippen molar-refractivity contribution < 1.29 is 13.2 Å². The number of anilines is 1. The molecule has 1 aromatic rings. The van der Waals surface area contributed by atoms with E-state index in [0.29, 0.717) is 5.82 Å². The predicted molar refractivity (Wildman–Crippen MR) is 65.9 cm³/mol. The lowest BCUT2D eigenvalue weighted by Gasteiger charge is -2.31. The number of nitrogens with two attached hydrogens (primary N) is 1. The Morgan fingerprint density at radius 1 is 1.22 bits per heavy atom. The van der Waals surface area contributed by atoms with E-state index >= 15 is 0 Å². The first kappa shape index (κ1) is 15.0. The molecule has 18 heavy (non-hydrogen) atoms. The van der Waals surface area contributed by atoms with Crippen LogP contribution in [0.25, 0.3) is 0 Å². The fourth-order valence-corrected chi connectivity index (χ4v) is 1.87. The lowest BCUT2D eigenvalue weighted by molar-refractivity contribution is -0.137. The van der Waals surface area contributed by atoms with Gasteiger partial charge >= 0.3 is 6.18 Å². The molecule has 0 bridgehead atoms. The summed E-state index contributed by atoms with van der Waals surface area (Å²) in [5, 5.41) is 0. The second-order valence-electron chi connectivity index (χ2n) is 4.23. The van der Waals surface area contributed by atoms with Crippen molar-refractivity contribution >= 4 is 18.2 Å². The molecule has 3 nitrogen and oxygen atoms in total. The minimum absolute atomic E-state index is 0. The van der Waals surface area contributed by atoms with Crippen LogP contribution < -0.4 is 10.6 Å². The second kappa shape index (κ2) is 5.75. The molecule has 0 aromatic carbocycles. The summed E-state index contributed by atoms with van der Waals surface area (Å²) in [6.07, 6.45) is -1.74. The highest BCUT2D eigenvalue weighted by atomic mass is 35.5. The zero-order chi connectivity index (χ0) is 12.5. The highest BCUT2D eigenvalue weighted by molar-refractivity contribution is 5.85. The van der Waals surface area contributed by atoms with E-state index in [1.807, 2.05) is 4.90 Å². The number of alkyl halides is 3. The van der Waals surface area contributed by atoms with Crippen LogP contribution in [0.3, 0.4) is 0 Å². The number of pyridine rings is 1. The molecule has 2 heterocycles. The zero-order valence-corrected chi connectivity index (χ0v) is 10.5. The standard InChI is InChI=1S/C11H14F3N3.ClH/c12-11(13,14)8-1-2-10(16-7-8)17-5-3-9(15)4-6-17;/h1-2,7,9H,3-6,15H2;1H. The van der Waals surface area contributed by atoms with Crippen molar-refractivity contribution in [2.24, 2.45) is 5.73 Å². The first-order chi connectivity index (χ1) is 7.97. The average Bonchev–Trinajstić information content (AvgIpc) is 2.29. The SMILES string of the molecule is Cl.NC1CCN(c2ccc(C(F)(F)F)cn2)CC1.